The molecule has 3 rings (SSSR count). The summed E-state index contributed by atoms with van der Waals surface area (Å²) < 4.78 is 1.12. The van der Waals surface area contributed by atoms with Gasteiger partial charge in [0, 0.05) is 22.2 Å². The highest BCUT2D eigenvalue weighted by Crippen LogP contribution is 2.27. The number of carbonyl (C=O) groups is 1. The van der Waals surface area contributed by atoms with Gasteiger partial charge in [0.25, 0.3) is 5.91 Å². The Hall–Kier alpha value is -0.620. The topological polar surface area (TPSA) is 32.3 Å². The Morgan fingerprint density at radius 1 is 1.21 bits per heavy atom. The zero-order valence-electron chi connectivity index (χ0n) is 10.9. The molecule has 1 amide bonds. The molecule has 2 heterocycles. The van der Waals surface area contributed by atoms with Crippen LogP contribution in [0, 0.1) is 15.4 Å². The van der Waals surface area contributed by atoms with Crippen molar-refractivity contribution in [1.82, 2.24) is 10.2 Å². The molecule has 0 unspecified atom stereocenters. The zero-order valence-corrected chi connectivity index (χ0v) is 13.1. The molecule has 4 heteroatoms. The third-order valence-electron chi connectivity index (χ3n) is 4.38. The number of carbonyl (C=O) groups excluding carboxylic acids is 1. The van der Waals surface area contributed by atoms with Gasteiger partial charge in [-0.05, 0) is 78.6 Å². The molecule has 1 aromatic rings. The Bertz CT molecular complexity index is 463. The molecule has 1 aromatic carbocycles. The monoisotopic (exact) mass is 370 g/mol. The van der Waals surface area contributed by atoms with Gasteiger partial charge >= 0.3 is 0 Å². The summed E-state index contributed by atoms with van der Waals surface area (Å²) in [5.41, 5.74) is 0.831. The van der Waals surface area contributed by atoms with Gasteiger partial charge < -0.3 is 10.2 Å². The lowest BCUT2D eigenvalue weighted by Gasteiger charge is -2.21. The van der Waals surface area contributed by atoms with Gasteiger partial charge in [-0.25, -0.2) is 0 Å². The normalized spacial score (nSPS) is 26.9. The summed E-state index contributed by atoms with van der Waals surface area (Å²) in [6.45, 7) is 4.09. The van der Waals surface area contributed by atoms with Gasteiger partial charge in [0.15, 0.2) is 0 Å². The van der Waals surface area contributed by atoms with Crippen molar-refractivity contribution in [3.8, 4) is 0 Å². The van der Waals surface area contributed by atoms with Crippen LogP contribution in [0.25, 0.3) is 0 Å². The van der Waals surface area contributed by atoms with Crippen molar-refractivity contribution in [2.75, 3.05) is 26.2 Å². The molecule has 19 heavy (non-hydrogen) atoms. The Balaban J connectivity index is 1.70. The number of amides is 1. The average Bonchev–Trinajstić information content (AvgIpc) is 2.77. The maximum absolute atomic E-state index is 12.5. The molecule has 0 bridgehead atoms. The Morgan fingerprint density at radius 2 is 1.89 bits per heavy atom. The highest BCUT2D eigenvalue weighted by molar-refractivity contribution is 14.1. The van der Waals surface area contributed by atoms with Gasteiger partial charge in [0.1, 0.15) is 0 Å². The van der Waals surface area contributed by atoms with E-state index in [1.165, 1.54) is 0 Å². The molecule has 102 valence electrons. The number of benzene rings is 1. The van der Waals surface area contributed by atoms with E-state index in [0.717, 1.165) is 60.0 Å². The number of nitrogens with one attached hydrogen (secondary N) is 1. The van der Waals surface area contributed by atoms with Crippen molar-refractivity contribution in [2.24, 2.45) is 11.8 Å². The van der Waals surface area contributed by atoms with Gasteiger partial charge in [-0.1, -0.05) is 6.07 Å². The van der Waals surface area contributed by atoms with E-state index >= 15 is 0 Å². The third-order valence-corrected chi connectivity index (χ3v) is 5.05. The third kappa shape index (κ3) is 2.94. The fraction of sp³-hybridized carbons (Fsp3) is 0.533. The molecular formula is C15H19IN2O. The molecule has 0 aliphatic carbocycles. The average molecular weight is 370 g/mol. The standard InChI is InChI=1S/C15H19IN2O/c16-14-3-1-2-11(8-14)15(19)18-6-4-12-9-17-10-13(12)5-7-18/h1-3,8,12-13,17H,4-7,9-10H2/t12-,13+. The van der Waals surface area contributed by atoms with Crippen LogP contribution < -0.4 is 5.32 Å². The maximum Gasteiger partial charge on any atom is 0.253 e. The highest BCUT2D eigenvalue weighted by atomic mass is 127. The van der Waals surface area contributed by atoms with E-state index in [4.69, 9.17) is 0 Å². The van der Waals surface area contributed by atoms with Crippen LogP contribution in [0.1, 0.15) is 23.2 Å². The van der Waals surface area contributed by atoms with E-state index in [1.54, 1.807) is 0 Å². The molecule has 2 saturated heterocycles. The van der Waals surface area contributed by atoms with E-state index in [1.807, 2.05) is 29.2 Å². The second-order valence-electron chi connectivity index (χ2n) is 5.56. The number of nitrogens with zero attached hydrogens (tertiary/aromatic N) is 1. The van der Waals surface area contributed by atoms with Crippen LogP contribution in [0.4, 0.5) is 0 Å². The first-order valence-corrected chi connectivity index (χ1v) is 8.07. The molecule has 0 saturated carbocycles. The molecule has 2 atom stereocenters. The SMILES string of the molecule is O=C(c1cccc(I)c1)N1CC[C@@H]2CNC[C@@H]2CC1. The zero-order chi connectivity index (χ0) is 13.2. The minimum atomic E-state index is 0.200. The van der Waals surface area contributed by atoms with E-state index in [-0.39, 0.29) is 5.91 Å². The van der Waals surface area contributed by atoms with Crippen molar-refractivity contribution in [2.45, 2.75) is 12.8 Å². The minimum Gasteiger partial charge on any atom is -0.339 e. The Kier molecular flexibility index (Phi) is 4.07. The van der Waals surface area contributed by atoms with Crippen LogP contribution in [0.15, 0.2) is 24.3 Å². The molecule has 0 aromatic heterocycles. The van der Waals surface area contributed by atoms with Crippen LogP contribution >= 0.6 is 22.6 Å². The van der Waals surface area contributed by atoms with Gasteiger partial charge in [-0.3, -0.25) is 4.79 Å². The fourth-order valence-electron chi connectivity index (χ4n) is 3.23. The smallest absolute Gasteiger partial charge is 0.253 e. The number of hydrogen-bond acceptors (Lipinski definition) is 2. The van der Waals surface area contributed by atoms with E-state index in [0.29, 0.717) is 0 Å². The quantitative estimate of drug-likeness (QED) is 0.770. The number of hydrogen-bond donors (Lipinski definition) is 1. The van der Waals surface area contributed by atoms with Crippen LogP contribution in [0.5, 0.6) is 0 Å². The predicted octanol–water partition coefficient (Wildman–Crippen LogP) is 2.36. The predicted molar refractivity (Wildman–Crippen MR) is 84.1 cm³/mol. The first-order chi connectivity index (χ1) is 9.24. The van der Waals surface area contributed by atoms with Crippen LogP contribution in [-0.2, 0) is 0 Å². The van der Waals surface area contributed by atoms with Crippen molar-refractivity contribution in [3.05, 3.63) is 33.4 Å². The Morgan fingerprint density at radius 3 is 2.53 bits per heavy atom. The highest BCUT2D eigenvalue weighted by Gasteiger charge is 2.31. The van der Waals surface area contributed by atoms with E-state index in [2.05, 4.69) is 27.9 Å². The molecule has 1 N–H and O–H groups in total. The van der Waals surface area contributed by atoms with Crippen molar-refractivity contribution in [1.29, 1.82) is 0 Å². The van der Waals surface area contributed by atoms with Gasteiger partial charge in [0.2, 0.25) is 0 Å². The van der Waals surface area contributed by atoms with Gasteiger partial charge in [0.05, 0.1) is 0 Å². The summed E-state index contributed by atoms with van der Waals surface area (Å²) >= 11 is 2.26. The molecule has 2 aliphatic rings. The lowest BCUT2D eigenvalue weighted by atomic mass is 9.92. The largest absolute Gasteiger partial charge is 0.339 e. The molecule has 3 nitrogen and oxygen atoms in total. The maximum atomic E-state index is 12.5. The second kappa shape index (κ2) is 5.79. The van der Waals surface area contributed by atoms with E-state index in [9.17, 15) is 4.79 Å². The fourth-order valence-corrected chi connectivity index (χ4v) is 3.77. The number of rotatable bonds is 1. The first-order valence-electron chi connectivity index (χ1n) is 6.99. The summed E-state index contributed by atoms with van der Waals surface area (Å²) in [6, 6.07) is 7.90. The first kappa shape index (κ1) is 13.4. The van der Waals surface area contributed by atoms with Crippen molar-refractivity contribution < 1.29 is 4.79 Å². The van der Waals surface area contributed by atoms with Crippen molar-refractivity contribution in [3.63, 3.8) is 0 Å². The summed E-state index contributed by atoms with van der Waals surface area (Å²) in [5.74, 6) is 1.74. The summed E-state index contributed by atoms with van der Waals surface area (Å²) in [7, 11) is 0. The molecule has 2 fully saturated rings. The van der Waals surface area contributed by atoms with Gasteiger partial charge in [-0.15, -0.1) is 0 Å². The lowest BCUT2D eigenvalue weighted by molar-refractivity contribution is 0.0758. The second-order valence-corrected chi connectivity index (χ2v) is 6.80. The van der Waals surface area contributed by atoms with E-state index < -0.39 is 0 Å². The summed E-state index contributed by atoms with van der Waals surface area (Å²) in [4.78, 5) is 14.6. The van der Waals surface area contributed by atoms with Crippen LogP contribution in [0.3, 0.4) is 0 Å². The summed E-state index contributed by atoms with van der Waals surface area (Å²) in [5, 5.41) is 3.47. The minimum absolute atomic E-state index is 0.200. The molecule has 2 aliphatic heterocycles. The number of fused-ring (bicyclic) bond motifs is 1. The number of likely N-dealkylation sites (tertiary alicyclic amines) is 1. The number of halogens is 1. The lowest BCUT2D eigenvalue weighted by Crippen LogP contribution is -2.32. The van der Waals surface area contributed by atoms with Gasteiger partial charge in [-0.2, -0.15) is 0 Å². The van der Waals surface area contributed by atoms with Crippen LogP contribution in [0.2, 0.25) is 0 Å². The Labute approximate surface area is 127 Å². The van der Waals surface area contributed by atoms with Crippen molar-refractivity contribution >= 4 is 28.5 Å². The molecular weight excluding hydrogens is 351 g/mol. The molecule has 0 radical (unpaired) electrons. The summed E-state index contributed by atoms with van der Waals surface area (Å²) in [6.07, 6.45) is 2.29. The van der Waals surface area contributed by atoms with Crippen LogP contribution in [-0.4, -0.2) is 37.0 Å². The molecule has 0 spiro atoms.